The van der Waals surface area contributed by atoms with Gasteiger partial charge in [0.15, 0.2) is 0 Å². The molecule has 0 aliphatic carbocycles. The summed E-state index contributed by atoms with van der Waals surface area (Å²) in [6, 6.07) is 6.19. The monoisotopic (exact) mass is 389 g/mol. The van der Waals surface area contributed by atoms with Crippen molar-refractivity contribution in [1.29, 1.82) is 0 Å². The minimum absolute atomic E-state index is 0.0210. The second-order valence-corrected chi connectivity index (χ2v) is 8.42. The van der Waals surface area contributed by atoms with Crippen molar-refractivity contribution in [1.82, 2.24) is 15.1 Å². The molecular formula is C22H32FN3O2. The second kappa shape index (κ2) is 9.50. The molecule has 3 rings (SSSR count). The van der Waals surface area contributed by atoms with Crippen molar-refractivity contribution < 1.29 is 14.0 Å². The summed E-state index contributed by atoms with van der Waals surface area (Å²) in [5.41, 5.74) is 0.916. The number of carbonyl (C=O) groups excluding carboxylic acids is 2. The van der Waals surface area contributed by atoms with E-state index in [9.17, 15) is 14.0 Å². The molecule has 0 spiro atoms. The first-order valence-electron chi connectivity index (χ1n) is 10.5. The largest absolute Gasteiger partial charge is 0.348 e. The third-order valence-electron chi connectivity index (χ3n) is 5.93. The number of hydrogen-bond donors (Lipinski definition) is 1. The Labute approximate surface area is 167 Å². The van der Waals surface area contributed by atoms with Crippen molar-refractivity contribution in [3.05, 3.63) is 35.6 Å². The molecule has 154 valence electrons. The molecule has 1 aromatic rings. The lowest BCUT2D eigenvalue weighted by Crippen LogP contribution is -2.45. The lowest BCUT2D eigenvalue weighted by atomic mass is 9.95. The maximum atomic E-state index is 13.2. The number of halogens is 1. The van der Waals surface area contributed by atoms with Gasteiger partial charge in [-0.2, -0.15) is 0 Å². The fraction of sp³-hybridized carbons (Fsp3) is 0.636. The molecule has 2 aliphatic heterocycles. The van der Waals surface area contributed by atoms with Gasteiger partial charge in [-0.25, -0.2) is 4.39 Å². The van der Waals surface area contributed by atoms with E-state index < -0.39 is 0 Å². The van der Waals surface area contributed by atoms with E-state index in [-0.39, 0.29) is 29.6 Å². The highest BCUT2D eigenvalue weighted by Gasteiger charge is 2.30. The van der Waals surface area contributed by atoms with Crippen molar-refractivity contribution in [2.45, 2.75) is 45.6 Å². The van der Waals surface area contributed by atoms with E-state index in [2.05, 4.69) is 10.2 Å². The third-order valence-corrected chi connectivity index (χ3v) is 5.93. The van der Waals surface area contributed by atoms with Gasteiger partial charge in [-0.15, -0.1) is 0 Å². The van der Waals surface area contributed by atoms with E-state index in [1.165, 1.54) is 12.1 Å². The zero-order valence-corrected chi connectivity index (χ0v) is 17.0. The molecule has 6 heteroatoms. The van der Waals surface area contributed by atoms with Crippen LogP contribution in [0.15, 0.2) is 24.3 Å². The molecular weight excluding hydrogens is 357 g/mol. The second-order valence-electron chi connectivity index (χ2n) is 8.42. The summed E-state index contributed by atoms with van der Waals surface area (Å²) in [4.78, 5) is 29.3. The van der Waals surface area contributed by atoms with Crippen molar-refractivity contribution in [2.24, 2.45) is 11.8 Å². The Kier molecular flexibility index (Phi) is 7.05. The van der Waals surface area contributed by atoms with Crippen molar-refractivity contribution in [3.63, 3.8) is 0 Å². The van der Waals surface area contributed by atoms with E-state index >= 15 is 0 Å². The van der Waals surface area contributed by atoms with Gasteiger partial charge in [-0.1, -0.05) is 26.0 Å². The molecule has 0 aromatic heterocycles. The fourth-order valence-corrected chi connectivity index (χ4v) is 4.26. The predicted octanol–water partition coefficient (Wildman–Crippen LogP) is 2.97. The van der Waals surface area contributed by atoms with E-state index in [1.54, 1.807) is 12.1 Å². The van der Waals surface area contributed by atoms with Gasteiger partial charge in [0.2, 0.25) is 11.8 Å². The van der Waals surface area contributed by atoms with Crippen LogP contribution in [-0.4, -0.2) is 54.3 Å². The molecule has 5 nitrogen and oxygen atoms in total. The van der Waals surface area contributed by atoms with Gasteiger partial charge in [0.25, 0.3) is 0 Å². The molecule has 1 N–H and O–H groups in total. The number of amides is 2. The maximum absolute atomic E-state index is 13.2. The predicted molar refractivity (Wildman–Crippen MR) is 107 cm³/mol. The summed E-state index contributed by atoms with van der Waals surface area (Å²) < 4.78 is 13.2. The average molecular weight is 390 g/mol. The first kappa shape index (κ1) is 20.8. The fourth-order valence-electron chi connectivity index (χ4n) is 4.26. The highest BCUT2D eigenvalue weighted by molar-refractivity contribution is 5.80. The third kappa shape index (κ3) is 5.31. The van der Waals surface area contributed by atoms with Gasteiger partial charge in [0.1, 0.15) is 5.82 Å². The number of piperidine rings is 1. The standard InChI is InChI=1S/C22H32FN3O2/c1-16(2)21(17-5-7-19(23)8-6-17)24-20(27)15-25-13-9-18(10-14-25)22(28)26-11-3-4-12-26/h5-8,16,18,21H,3-4,9-15H2,1-2H3,(H,24,27). The summed E-state index contributed by atoms with van der Waals surface area (Å²) in [5.74, 6) is 0.326. The molecule has 1 atom stereocenters. The Morgan fingerprint density at radius 2 is 1.68 bits per heavy atom. The van der Waals surface area contributed by atoms with Crippen LogP contribution in [0, 0.1) is 17.7 Å². The average Bonchev–Trinajstić information content (AvgIpc) is 3.21. The summed E-state index contributed by atoms with van der Waals surface area (Å²) >= 11 is 0. The summed E-state index contributed by atoms with van der Waals surface area (Å²) in [5, 5.41) is 3.10. The van der Waals surface area contributed by atoms with Gasteiger partial charge in [-0.05, 0) is 62.4 Å². The number of nitrogens with one attached hydrogen (secondary N) is 1. The Bertz CT molecular complexity index is 663. The van der Waals surface area contributed by atoms with Gasteiger partial charge in [0, 0.05) is 19.0 Å². The van der Waals surface area contributed by atoms with E-state index in [1.807, 2.05) is 18.7 Å². The first-order chi connectivity index (χ1) is 13.4. The van der Waals surface area contributed by atoms with Crippen molar-refractivity contribution in [3.8, 4) is 0 Å². The molecule has 2 aliphatic rings. The van der Waals surface area contributed by atoms with Crippen LogP contribution in [0.4, 0.5) is 4.39 Å². The van der Waals surface area contributed by atoms with Crippen LogP contribution in [0.25, 0.3) is 0 Å². The summed E-state index contributed by atoms with van der Waals surface area (Å²) in [6.45, 7) is 7.80. The number of carbonyl (C=O) groups is 2. The van der Waals surface area contributed by atoms with Crippen LogP contribution in [-0.2, 0) is 9.59 Å². The zero-order valence-electron chi connectivity index (χ0n) is 17.0. The van der Waals surface area contributed by atoms with Crippen molar-refractivity contribution >= 4 is 11.8 Å². The molecule has 28 heavy (non-hydrogen) atoms. The van der Waals surface area contributed by atoms with Gasteiger partial charge >= 0.3 is 0 Å². The molecule has 2 heterocycles. The molecule has 2 amide bonds. The molecule has 2 saturated heterocycles. The smallest absolute Gasteiger partial charge is 0.234 e. The summed E-state index contributed by atoms with van der Waals surface area (Å²) in [6.07, 6.45) is 3.90. The van der Waals surface area contributed by atoms with Crippen LogP contribution < -0.4 is 5.32 Å². The molecule has 2 fully saturated rings. The zero-order chi connectivity index (χ0) is 20.1. The van der Waals surface area contributed by atoms with Gasteiger partial charge in [0.05, 0.1) is 12.6 Å². The lowest BCUT2D eigenvalue weighted by Gasteiger charge is -2.33. The maximum Gasteiger partial charge on any atom is 0.234 e. The van der Waals surface area contributed by atoms with Crippen LogP contribution in [0.1, 0.15) is 51.1 Å². The Balaban J connectivity index is 1.48. The number of nitrogens with zero attached hydrogens (tertiary/aromatic N) is 2. The van der Waals surface area contributed by atoms with Crippen LogP contribution >= 0.6 is 0 Å². The highest BCUT2D eigenvalue weighted by atomic mass is 19.1. The number of rotatable bonds is 6. The topological polar surface area (TPSA) is 52.7 Å². The minimum atomic E-state index is -0.274. The van der Waals surface area contributed by atoms with Gasteiger partial charge in [-0.3, -0.25) is 14.5 Å². The first-order valence-corrected chi connectivity index (χ1v) is 10.5. The van der Waals surface area contributed by atoms with Gasteiger partial charge < -0.3 is 10.2 Å². The SMILES string of the molecule is CC(C)C(NC(=O)CN1CCC(C(=O)N2CCCC2)CC1)c1ccc(F)cc1. The molecule has 0 saturated carbocycles. The van der Waals surface area contributed by atoms with Crippen LogP contribution in [0.5, 0.6) is 0 Å². The number of likely N-dealkylation sites (tertiary alicyclic amines) is 2. The Morgan fingerprint density at radius 3 is 2.25 bits per heavy atom. The van der Waals surface area contributed by atoms with Crippen LogP contribution in [0.2, 0.25) is 0 Å². The quantitative estimate of drug-likeness (QED) is 0.814. The lowest BCUT2D eigenvalue weighted by molar-refractivity contribution is -0.136. The minimum Gasteiger partial charge on any atom is -0.348 e. The van der Waals surface area contributed by atoms with E-state index in [0.29, 0.717) is 12.5 Å². The molecule has 1 unspecified atom stereocenters. The van der Waals surface area contributed by atoms with E-state index in [0.717, 1.165) is 57.4 Å². The van der Waals surface area contributed by atoms with E-state index in [4.69, 9.17) is 0 Å². The molecule has 0 radical (unpaired) electrons. The van der Waals surface area contributed by atoms with Crippen LogP contribution in [0.3, 0.4) is 0 Å². The Hall–Kier alpha value is -1.95. The van der Waals surface area contributed by atoms with Crippen molar-refractivity contribution in [2.75, 3.05) is 32.7 Å². The molecule has 0 bridgehead atoms. The summed E-state index contributed by atoms with van der Waals surface area (Å²) in [7, 11) is 0. The number of hydrogen-bond acceptors (Lipinski definition) is 3. The molecule has 1 aromatic carbocycles. The normalized spacial score (nSPS) is 19.8. The number of benzene rings is 1. The Morgan fingerprint density at radius 1 is 1.07 bits per heavy atom. The highest BCUT2D eigenvalue weighted by Crippen LogP contribution is 2.23.